The second-order valence-corrected chi connectivity index (χ2v) is 9.39. The molecule has 0 saturated heterocycles. The van der Waals surface area contributed by atoms with Crippen LogP contribution in [-0.2, 0) is 6.18 Å². The Balaban J connectivity index is 1.46. The zero-order chi connectivity index (χ0) is 26.4. The Kier molecular flexibility index (Phi) is 8.47. The van der Waals surface area contributed by atoms with Gasteiger partial charge in [0.15, 0.2) is 0 Å². The molecule has 4 aromatic rings. The number of benzene rings is 3. The van der Waals surface area contributed by atoms with Gasteiger partial charge >= 0.3 is 6.18 Å². The van der Waals surface area contributed by atoms with Crippen molar-refractivity contribution in [3.05, 3.63) is 83.7 Å². The summed E-state index contributed by atoms with van der Waals surface area (Å²) in [6.45, 7) is 4.61. The second kappa shape index (κ2) is 11.8. The van der Waals surface area contributed by atoms with Crippen molar-refractivity contribution < 1.29 is 22.3 Å². The highest BCUT2D eigenvalue weighted by Gasteiger charge is 2.30. The molecular formula is C31H31F4NO. The fourth-order valence-electron chi connectivity index (χ4n) is 4.43. The first-order valence-electron chi connectivity index (χ1n) is 12.8. The van der Waals surface area contributed by atoms with Crippen LogP contribution in [0.15, 0.2) is 66.7 Å². The molecule has 1 heterocycles. The molecule has 37 heavy (non-hydrogen) atoms. The molecule has 4 rings (SSSR count). The minimum absolute atomic E-state index is 0.398. The number of halogens is 4. The molecular weight excluding hydrogens is 478 g/mol. The lowest BCUT2D eigenvalue weighted by Gasteiger charge is -2.12. The largest absolute Gasteiger partial charge is 0.494 e. The van der Waals surface area contributed by atoms with E-state index in [0.29, 0.717) is 39.9 Å². The van der Waals surface area contributed by atoms with Crippen LogP contribution in [0.3, 0.4) is 0 Å². The first-order valence-corrected chi connectivity index (χ1v) is 12.8. The first kappa shape index (κ1) is 26.6. The Morgan fingerprint density at radius 1 is 0.784 bits per heavy atom. The van der Waals surface area contributed by atoms with Crippen molar-refractivity contribution in [2.45, 2.75) is 58.5 Å². The number of unbranched alkanes of at least 4 members (excludes halogenated alkanes) is 5. The van der Waals surface area contributed by atoms with Crippen molar-refractivity contribution in [2.75, 3.05) is 6.61 Å². The maximum Gasteiger partial charge on any atom is 0.416 e. The van der Waals surface area contributed by atoms with Crippen LogP contribution in [-0.4, -0.2) is 11.6 Å². The minimum atomic E-state index is -4.42. The lowest BCUT2D eigenvalue weighted by atomic mass is 9.99. The highest BCUT2D eigenvalue weighted by molar-refractivity contribution is 5.86. The molecule has 0 aliphatic heterocycles. The van der Waals surface area contributed by atoms with Gasteiger partial charge < -0.3 is 4.74 Å². The average molecular weight is 510 g/mol. The van der Waals surface area contributed by atoms with Crippen LogP contribution in [0, 0.1) is 12.7 Å². The quantitative estimate of drug-likeness (QED) is 0.157. The SMILES string of the molecule is CCCCCCCCOc1ccc(-c2ccc(-c3cc(C)c4cc(C(F)(F)F)ccc4n3)cc2F)cc1. The third kappa shape index (κ3) is 6.68. The fourth-order valence-corrected chi connectivity index (χ4v) is 4.43. The number of aryl methyl sites for hydroxylation is 1. The van der Waals surface area contributed by atoms with Crippen LogP contribution in [0.25, 0.3) is 33.3 Å². The summed E-state index contributed by atoms with van der Waals surface area (Å²) in [7, 11) is 0. The van der Waals surface area contributed by atoms with Gasteiger partial charge in [0, 0.05) is 16.5 Å². The van der Waals surface area contributed by atoms with E-state index in [4.69, 9.17) is 4.74 Å². The number of ether oxygens (including phenoxy) is 1. The van der Waals surface area contributed by atoms with Crippen molar-refractivity contribution >= 4 is 10.9 Å². The van der Waals surface area contributed by atoms with Crippen molar-refractivity contribution in [1.82, 2.24) is 4.98 Å². The van der Waals surface area contributed by atoms with Gasteiger partial charge in [-0.25, -0.2) is 9.37 Å². The molecule has 0 aliphatic rings. The van der Waals surface area contributed by atoms with Crippen LogP contribution < -0.4 is 4.74 Å². The van der Waals surface area contributed by atoms with Crippen molar-refractivity contribution in [2.24, 2.45) is 0 Å². The molecule has 0 saturated carbocycles. The molecule has 6 heteroatoms. The Labute approximate surface area is 215 Å². The maximum atomic E-state index is 15.1. The summed E-state index contributed by atoms with van der Waals surface area (Å²) in [4.78, 5) is 4.49. The van der Waals surface area contributed by atoms with Gasteiger partial charge in [-0.2, -0.15) is 13.2 Å². The third-order valence-corrected chi connectivity index (χ3v) is 6.54. The lowest BCUT2D eigenvalue weighted by molar-refractivity contribution is -0.137. The molecule has 0 amide bonds. The van der Waals surface area contributed by atoms with Crippen molar-refractivity contribution in [3.8, 4) is 28.1 Å². The second-order valence-electron chi connectivity index (χ2n) is 9.39. The third-order valence-electron chi connectivity index (χ3n) is 6.54. The topological polar surface area (TPSA) is 22.1 Å². The Morgan fingerprint density at radius 3 is 2.19 bits per heavy atom. The maximum absolute atomic E-state index is 15.1. The molecule has 0 radical (unpaired) electrons. The number of hydrogen-bond acceptors (Lipinski definition) is 2. The fraction of sp³-hybridized carbons (Fsp3) is 0.323. The minimum Gasteiger partial charge on any atom is -0.494 e. The van der Waals surface area contributed by atoms with Gasteiger partial charge in [0.05, 0.1) is 23.4 Å². The van der Waals surface area contributed by atoms with Gasteiger partial charge in [-0.3, -0.25) is 0 Å². The predicted octanol–water partition coefficient (Wildman–Crippen LogP) is 9.77. The van der Waals surface area contributed by atoms with E-state index in [1.54, 1.807) is 25.1 Å². The number of alkyl halides is 3. The molecule has 1 aromatic heterocycles. The van der Waals surface area contributed by atoms with Crippen molar-refractivity contribution in [1.29, 1.82) is 0 Å². The van der Waals surface area contributed by atoms with Gasteiger partial charge in [0.1, 0.15) is 11.6 Å². The standard InChI is InChI=1S/C31H31F4NO/c1-3-4-5-6-7-8-17-37-25-13-9-22(10-14-25)26-15-11-23(19-28(26)32)30-18-21(2)27-20-24(31(33,34)35)12-16-29(27)36-30/h9-16,18-20H,3-8,17H2,1-2H3. The zero-order valence-electron chi connectivity index (χ0n) is 21.2. The summed E-state index contributed by atoms with van der Waals surface area (Å²) >= 11 is 0. The molecule has 0 N–H and O–H groups in total. The molecule has 0 bridgehead atoms. The number of rotatable bonds is 10. The number of nitrogens with zero attached hydrogens (tertiary/aromatic N) is 1. The van der Waals surface area contributed by atoms with Gasteiger partial charge in [-0.05, 0) is 66.9 Å². The Bertz CT molecular complexity index is 1350. The smallest absolute Gasteiger partial charge is 0.416 e. The van der Waals surface area contributed by atoms with E-state index in [1.165, 1.54) is 37.8 Å². The van der Waals surface area contributed by atoms with E-state index in [2.05, 4.69) is 11.9 Å². The summed E-state index contributed by atoms with van der Waals surface area (Å²) < 4.78 is 60.2. The van der Waals surface area contributed by atoms with Crippen LogP contribution in [0.1, 0.15) is 56.6 Å². The van der Waals surface area contributed by atoms with E-state index in [9.17, 15) is 13.2 Å². The number of pyridine rings is 1. The summed E-state index contributed by atoms with van der Waals surface area (Å²) in [5, 5.41) is 0.425. The van der Waals surface area contributed by atoms with Crippen LogP contribution in [0.2, 0.25) is 0 Å². The summed E-state index contributed by atoms with van der Waals surface area (Å²) in [6.07, 6.45) is 2.79. The monoisotopic (exact) mass is 509 g/mol. The molecule has 0 atom stereocenters. The van der Waals surface area contributed by atoms with Crippen LogP contribution in [0.5, 0.6) is 5.75 Å². The predicted molar refractivity (Wildman–Crippen MR) is 141 cm³/mol. The van der Waals surface area contributed by atoms with Gasteiger partial charge in [0.2, 0.25) is 0 Å². The molecule has 0 unspecified atom stereocenters. The number of hydrogen-bond donors (Lipinski definition) is 0. The molecule has 0 spiro atoms. The Hall–Kier alpha value is -3.41. The highest BCUT2D eigenvalue weighted by atomic mass is 19.4. The first-order chi connectivity index (χ1) is 17.8. The molecule has 2 nitrogen and oxygen atoms in total. The summed E-state index contributed by atoms with van der Waals surface area (Å²) in [5.74, 6) is 0.365. The van der Waals surface area contributed by atoms with Gasteiger partial charge in [-0.1, -0.05) is 63.3 Å². The zero-order valence-corrected chi connectivity index (χ0v) is 21.2. The van der Waals surface area contributed by atoms with E-state index >= 15 is 4.39 Å². The van der Waals surface area contributed by atoms with E-state index in [0.717, 1.165) is 36.3 Å². The Morgan fingerprint density at radius 2 is 1.49 bits per heavy atom. The molecule has 0 aliphatic carbocycles. The number of aromatic nitrogens is 1. The van der Waals surface area contributed by atoms with Crippen LogP contribution in [0.4, 0.5) is 17.6 Å². The molecule has 0 fully saturated rings. The van der Waals surface area contributed by atoms with Gasteiger partial charge in [0.25, 0.3) is 0 Å². The molecule has 194 valence electrons. The summed E-state index contributed by atoms with van der Waals surface area (Å²) in [6, 6.07) is 17.4. The van der Waals surface area contributed by atoms with Crippen molar-refractivity contribution in [3.63, 3.8) is 0 Å². The summed E-state index contributed by atoms with van der Waals surface area (Å²) in [5.41, 5.74) is 2.62. The molecule has 3 aromatic carbocycles. The van der Waals surface area contributed by atoms with E-state index in [1.807, 2.05) is 24.3 Å². The lowest BCUT2D eigenvalue weighted by Crippen LogP contribution is -2.04. The van der Waals surface area contributed by atoms with E-state index < -0.39 is 17.6 Å². The highest BCUT2D eigenvalue weighted by Crippen LogP contribution is 2.34. The van der Waals surface area contributed by atoms with Crippen LogP contribution >= 0.6 is 0 Å². The van der Waals surface area contributed by atoms with E-state index in [-0.39, 0.29) is 0 Å². The average Bonchev–Trinajstić information content (AvgIpc) is 2.88. The normalized spacial score (nSPS) is 11.7. The van der Waals surface area contributed by atoms with Gasteiger partial charge in [-0.15, -0.1) is 0 Å². The number of fused-ring (bicyclic) bond motifs is 1.